The molecule has 0 saturated carbocycles. The number of unbranched alkanes of at least 4 members (excludes halogenated alkanes) is 1. The monoisotopic (exact) mass is 582 g/mol. The number of nitrogens with one attached hydrogen (secondary N) is 2. The third kappa shape index (κ3) is 8.19. The molecule has 222 valence electrons. The summed E-state index contributed by atoms with van der Waals surface area (Å²) in [4.78, 5) is 27.8. The molecule has 1 atom stereocenters. The Balaban J connectivity index is 1.81. The second kappa shape index (κ2) is 14.3. The van der Waals surface area contributed by atoms with Crippen LogP contribution >= 0.6 is 0 Å². The zero-order chi connectivity index (χ0) is 30.2. The minimum absolute atomic E-state index is 0.0495. The SMILES string of the molecule is CCCCC(=O)N[C@H](C(=O)N(CCC)Cc1ccc(-c2ccccc2S(=O)(=O)Nc2onc(C)c2C)cc1)C(C)C. The summed E-state index contributed by atoms with van der Waals surface area (Å²) in [6.45, 7) is 12.3. The van der Waals surface area contributed by atoms with Gasteiger partial charge in [0.2, 0.25) is 17.7 Å². The highest BCUT2D eigenvalue weighted by Crippen LogP contribution is 2.30. The normalized spacial score (nSPS) is 12.3. The molecule has 9 nitrogen and oxygen atoms in total. The van der Waals surface area contributed by atoms with Gasteiger partial charge in [-0.2, -0.15) is 0 Å². The molecule has 0 bridgehead atoms. The highest BCUT2D eigenvalue weighted by Gasteiger charge is 2.28. The summed E-state index contributed by atoms with van der Waals surface area (Å²) in [7, 11) is -3.95. The van der Waals surface area contributed by atoms with Crippen molar-refractivity contribution in [2.75, 3.05) is 11.3 Å². The number of hydrogen-bond acceptors (Lipinski definition) is 6. The molecule has 10 heteroatoms. The molecule has 2 aromatic carbocycles. The smallest absolute Gasteiger partial charge is 0.264 e. The number of anilines is 1. The van der Waals surface area contributed by atoms with Crippen LogP contribution in [-0.2, 0) is 26.2 Å². The average molecular weight is 583 g/mol. The number of aryl methyl sites for hydroxylation is 1. The van der Waals surface area contributed by atoms with Crippen LogP contribution in [0.2, 0.25) is 0 Å². The highest BCUT2D eigenvalue weighted by molar-refractivity contribution is 7.92. The van der Waals surface area contributed by atoms with E-state index in [1.165, 1.54) is 0 Å². The van der Waals surface area contributed by atoms with E-state index in [2.05, 4.69) is 15.2 Å². The van der Waals surface area contributed by atoms with Crippen molar-refractivity contribution < 1.29 is 22.5 Å². The van der Waals surface area contributed by atoms with E-state index in [0.29, 0.717) is 36.3 Å². The van der Waals surface area contributed by atoms with Crippen molar-refractivity contribution in [1.82, 2.24) is 15.4 Å². The highest BCUT2D eigenvalue weighted by atomic mass is 32.2. The van der Waals surface area contributed by atoms with Crippen molar-refractivity contribution in [3.8, 4) is 11.1 Å². The fraction of sp³-hybridized carbons (Fsp3) is 0.452. The van der Waals surface area contributed by atoms with Crippen molar-refractivity contribution in [2.45, 2.75) is 84.7 Å². The minimum atomic E-state index is -3.95. The number of amides is 2. The Morgan fingerprint density at radius 2 is 1.68 bits per heavy atom. The van der Waals surface area contributed by atoms with Crippen LogP contribution in [-0.4, -0.2) is 42.9 Å². The van der Waals surface area contributed by atoms with Crippen molar-refractivity contribution in [2.24, 2.45) is 5.92 Å². The van der Waals surface area contributed by atoms with Crippen LogP contribution < -0.4 is 10.0 Å². The molecule has 41 heavy (non-hydrogen) atoms. The molecule has 3 rings (SSSR count). The topological polar surface area (TPSA) is 122 Å². The molecule has 0 saturated heterocycles. The molecule has 0 radical (unpaired) electrons. The number of carbonyl (C=O) groups is 2. The molecule has 1 heterocycles. The van der Waals surface area contributed by atoms with Gasteiger partial charge in [0.25, 0.3) is 10.0 Å². The largest absolute Gasteiger partial charge is 0.344 e. The van der Waals surface area contributed by atoms with E-state index in [-0.39, 0.29) is 28.5 Å². The van der Waals surface area contributed by atoms with E-state index in [1.54, 1.807) is 43.0 Å². The summed E-state index contributed by atoms with van der Waals surface area (Å²) in [5.41, 5.74) is 3.40. The first-order valence-electron chi connectivity index (χ1n) is 14.2. The van der Waals surface area contributed by atoms with Gasteiger partial charge in [-0.05, 0) is 49.8 Å². The van der Waals surface area contributed by atoms with Gasteiger partial charge in [0.1, 0.15) is 6.04 Å². The first-order valence-corrected chi connectivity index (χ1v) is 15.7. The Morgan fingerprint density at radius 1 is 1.00 bits per heavy atom. The second-order valence-corrected chi connectivity index (χ2v) is 12.3. The summed E-state index contributed by atoms with van der Waals surface area (Å²) in [5.74, 6) is -0.159. The molecule has 2 amide bonds. The van der Waals surface area contributed by atoms with Crippen LogP contribution in [0.25, 0.3) is 11.1 Å². The molecule has 0 unspecified atom stereocenters. The molecular formula is C31H42N4O5S. The van der Waals surface area contributed by atoms with Crippen molar-refractivity contribution in [3.05, 3.63) is 65.4 Å². The number of benzene rings is 2. The van der Waals surface area contributed by atoms with Gasteiger partial charge < -0.3 is 14.7 Å². The number of hydrogen-bond donors (Lipinski definition) is 2. The summed E-state index contributed by atoms with van der Waals surface area (Å²) in [5, 5.41) is 6.77. The number of sulfonamides is 1. The van der Waals surface area contributed by atoms with Crippen molar-refractivity contribution in [3.63, 3.8) is 0 Å². The third-order valence-electron chi connectivity index (χ3n) is 7.01. The van der Waals surface area contributed by atoms with Crippen LogP contribution in [0.5, 0.6) is 0 Å². The van der Waals surface area contributed by atoms with Gasteiger partial charge in [0.15, 0.2) is 0 Å². The maximum absolute atomic E-state index is 13.5. The van der Waals surface area contributed by atoms with E-state index in [0.717, 1.165) is 30.4 Å². The first kappa shape index (κ1) is 31.9. The van der Waals surface area contributed by atoms with Crippen molar-refractivity contribution >= 4 is 27.7 Å². The summed E-state index contributed by atoms with van der Waals surface area (Å²) >= 11 is 0. The van der Waals surface area contributed by atoms with Gasteiger partial charge in [-0.15, -0.1) is 0 Å². The molecule has 1 aromatic heterocycles. The van der Waals surface area contributed by atoms with Crippen LogP contribution in [0.1, 0.15) is 70.2 Å². The number of aromatic nitrogens is 1. The summed E-state index contributed by atoms with van der Waals surface area (Å²) in [6, 6.07) is 13.7. The van der Waals surface area contributed by atoms with E-state index in [9.17, 15) is 18.0 Å². The van der Waals surface area contributed by atoms with Crippen molar-refractivity contribution in [1.29, 1.82) is 0 Å². The number of nitrogens with zero attached hydrogens (tertiary/aromatic N) is 2. The zero-order valence-electron chi connectivity index (χ0n) is 24.9. The summed E-state index contributed by atoms with van der Waals surface area (Å²) in [6.07, 6.45) is 2.89. The molecule has 0 aliphatic heterocycles. The third-order valence-corrected chi connectivity index (χ3v) is 8.40. The van der Waals surface area contributed by atoms with Gasteiger partial charge in [-0.1, -0.05) is 81.7 Å². The van der Waals surface area contributed by atoms with Crippen LogP contribution in [0, 0.1) is 19.8 Å². The van der Waals surface area contributed by atoms with Gasteiger partial charge >= 0.3 is 0 Å². The molecule has 0 aliphatic carbocycles. The fourth-order valence-corrected chi connectivity index (χ4v) is 5.74. The molecule has 0 aliphatic rings. The van der Waals surface area contributed by atoms with E-state index >= 15 is 0 Å². The van der Waals surface area contributed by atoms with E-state index in [4.69, 9.17) is 4.52 Å². The Labute approximate surface area is 243 Å². The van der Waals surface area contributed by atoms with E-state index in [1.807, 2.05) is 52.0 Å². The standard InChI is InChI=1S/C31H42N4O5S/c1-7-9-14-28(36)32-29(21(3)4)31(37)35(19-8-2)20-24-15-17-25(18-16-24)26-12-10-11-13-27(26)41(38,39)34-30-22(5)23(6)33-40-30/h10-13,15-18,21,29,34H,7-9,14,19-20H2,1-6H3,(H,32,36)/t29-/m0/s1. The predicted octanol–water partition coefficient (Wildman–Crippen LogP) is 5.83. The minimum Gasteiger partial charge on any atom is -0.344 e. The van der Waals surface area contributed by atoms with Gasteiger partial charge in [0.05, 0.1) is 10.6 Å². The lowest BCUT2D eigenvalue weighted by molar-refractivity contribution is -0.138. The Kier molecular flexibility index (Phi) is 11.1. The number of rotatable bonds is 14. The van der Waals surface area contributed by atoms with Crippen LogP contribution in [0.4, 0.5) is 5.88 Å². The fourth-order valence-electron chi connectivity index (χ4n) is 4.47. The molecular weight excluding hydrogens is 540 g/mol. The predicted molar refractivity (Wildman–Crippen MR) is 161 cm³/mol. The molecule has 2 N–H and O–H groups in total. The van der Waals surface area contributed by atoms with Gasteiger partial charge in [0, 0.05) is 30.6 Å². The molecule has 0 spiro atoms. The Bertz CT molecular complexity index is 1430. The number of carbonyl (C=O) groups excluding carboxylic acids is 2. The second-order valence-electron chi connectivity index (χ2n) is 10.7. The van der Waals surface area contributed by atoms with E-state index < -0.39 is 16.1 Å². The quantitative estimate of drug-likeness (QED) is 0.247. The maximum Gasteiger partial charge on any atom is 0.264 e. The maximum atomic E-state index is 13.5. The lowest BCUT2D eigenvalue weighted by Gasteiger charge is -2.30. The molecule has 3 aromatic rings. The van der Waals surface area contributed by atoms with Crippen LogP contribution in [0.3, 0.4) is 0 Å². The average Bonchev–Trinajstić information content (AvgIpc) is 3.26. The Morgan fingerprint density at radius 3 is 2.27 bits per heavy atom. The lowest BCUT2D eigenvalue weighted by atomic mass is 10.0. The molecule has 0 fully saturated rings. The summed E-state index contributed by atoms with van der Waals surface area (Å²) < 4.78 is 34.3. The van der Waals surface area contributed by atoms with Gasteiger partial charge in [-0.25, -0.2) is 13.1 Å². The lowest BCUT2D eigenvalue weighted by Crippen LogP contribution is -2.51. The first-order chi connectivity index (χ1) is 19.5. The van der Waals surface area contributed by atoms with Crippen LogP contribution in [0.15, 0.2) is 57.9 Å². The Hall–Kier alpha value is -3.66. The zero-order valence-corrected chi connectivity index (χ0v) is 25.7. The van der Waals surface area contributed by atoms with Gasteiger partial charge in [-0.3, -0.25) is 9.59 Å².